The van der Waals surface area contributed by atoms with Crippen LogP contribution in [0.1, 0.15) is 5.82 Å². The molecule has 0 saturated carbocycles. The molecule has 0 radical (unpaired) electrons. The van der Waals surface area contributed by atoms with Crippen molar-refractivity contribution in [2.45, 2.75) is 6.61 Å². The normalized spacial score (nSPS) is 11.0. The lowest BCUT2D eigenvalue weighted by atomic mass is 10.1. The van der Waals surface area contributed by atoms with Gasteiger partial charge in [-0.3, -0.25) is 4.79 Å². The molecular formula is C24H15FN2O5. The summed E-state index contributed by atoms with van der Waals surface area (Å²) in [4.78, 5) is 17.0. The molecule has 0 unspecified atom stereocenters. The highest BCUT2D eigenvalue weighted by atomic mass is 19.1. The number of fused-ring (bicyclic) bond motifs is 1. The van der Waals surface area contributed by atoms with Crippen molar-refractivity contribution < 1.29 is 23.2 Å². The summed E-state index contributed by atoms with van der Waals surface area (Å²) in [6.45, 7) is 0.0140. The quantitative estimate of drug-likeness (QED) is 0.422. The molecule has 2 heterocycles. The number of nitrogens with zero attached hydrogens (tertiary/aromatic N) is 2. The van der Waals surface area contributed by atoms with Crippen LogP contribution in [0.5, 0.6) is 11.5 Å². The molecule has 0 spiro atoms. The lowest BCUT2D eigenvalue weighted by Crippen LogP contribution is -2.05. The number of hydrogen-bond acceptors (Lipinski definition) is 7. The van der Waals surface area contributed by atoms with Gasteiger partial charge in [0.15, 0.2) is 12.0 Å². The standard InChI is InChI=1S/C24H15FN2O5/c25-16-3-1-2-15(10-16)24-26-22(27-32-24)13-30-18-8-9-19-21(11-18)31-12-20(23(19)29)14-4-6-17(28)7-5-14/h1-12,28H,13H2. The van der Waals surface area contributed by atoms with Crippen LogP contribution in [0, 0.1) is 5.82 Å². The summed E-state index contributed by atoms with van der Waals surface area (Å²) in [7, 11) is 0. The first kappa shape index (κ1) is 19.5. The van der Waals surface area contributed by atoms with Crippen molar-refractivity contribution in [1.29, 1.82) is 0 Å². The molecule has 0 fully saturated rings. The van der Waals surface area contributed by atoms with Crippen LogP contribution in [-0.4, -0.2) is 15.2 Å². The molecule has 2 aromatic heterocycles. The van der Waals surface area contributed by atoms with Gasteiger partial charge in [0, 0.05) is 11.6 Å². The van der Waals surface area contributed by atoms with Crippen molar-refractivity contribution in [3.63, 3.8) is 0 Å². The molecule has 0 amide bonds. The Morgan fingerprint density at radius 1 is 1.00 bits per heavy atom. The topological polar surface area (TPSA) is 98.6 Å². The highest BCUT2D eigenvalue weighted by Crippen LogP contribution is 2.25. The molecule has 0 aliphatic rings. The van der Waals surface area contributed by atoms with Crippen molar-refractivity contribution in [3.05, 3.63) is 94.9 Å². The maximum atomic E-state index is 13.4. The summed E-state index contributed by atoms with van der Waals surface area (Å²) in [6.07, 6.45) is 1.38. The van der Waals surface area contributed by atoms with E-state index in [-0.39, 0.29) is 29.5 Å². The first-order valence-electron chi connectivity index (χ1n) is 9.63. The number of aromatic nitrogens is 2. The van der Waals surface area contributed by atoms with Gasteiger partial charge in [-0.2, -0.15) is 4.98 Å². The summed E-state index contributed by atoms with van der Waals surface area (Å²) >= 11 is 0. The third-order valence-electron chi connectivity index (χ3n) is 4.83. The van der Waals surface area contributed by atoms with Crippen LogP contribution in [0.25, 0.3) is 33.6 Å². The number of halogens is 1. The molecule has 5 aromatic rings. The predicted octanol–water partition coefficient (Wildman–Crippen LogP) is 4.93. The van der Waals surface area contributed by atoms with E-state index < -0.39 is 5.82 Å². The summed E-state index contributed by atoms with van der Waals surface area (Å²) in [5, 5.41) is 13.7. The lowest BCUT2D eigenvalue weighted by molar-refractivity contribution is 0.287. The van der Waals surface area contributed by atoms with Gasteiger partial charge < -0.3 is 18.8 Å². The fraction of sp³-hybridized carbons (Fsp3) is 0.0417. The van der Waals surface area contributed by atoms with Crippen molar-refractivity contribution in [3.8, 4) is 34.1 Å². The number of ether oxygens (including phenoxy) is 1. The molecule has 158 valence electrons. The van der Waals surface area contributed by atoms with Crippen LogP contribution in [-0.2, 0) is 6.61 Å². The summed E-state index contributed by atoms with van der Waals surface area (Å²) in [5.41, 5.74) is 1.68. The van der Waals surface area contributed by atoms with E-state index >= 15 is 0 Å². The van der Waals surface area contributed by atoms with E-state index in [1.807, 2.05) is 0 Å². The predicted molar refractivity (Wildman–Crippen MR) is 114 cm³/mol. The van der Waals surface area contributed by atoms with Crippen LogP contribution < -0.4 is 10.2 Å². The van der Waals surface area contributed by atoms with E-state index in [2.05, 4.69) is 10.1 Å². The van der Waals surface area contributed by atoms with Crippen molar-refractivity contribution in [1.82, 2.24) is 10.1 Å². The minimum absolute atomic E-state index is 0.0140. The summed E-state index contributed by atoms with van der Waals surface area (Å²) in [6, 6.07) is 17.0. The Labute approximate surface area is 180 Å². The molecule has 0 atom stereocenters. The van der Waals surface area contributed by atoms with E-state index in [0.29, 0.717) is 33.4 Å². The van der Waals surface area contributed by atoms with Gasteiger partial charge in [0.1, 0.15) is 29.2 Å². The van der Waals surface area contributed by atoms with E-state index in [1.54, 1.807) is 42.5 Å². The van der Waals surface area contributed by atoms with E-state index in [4.69, 9.17) is 13.7 Å². The Balaban J connectivity index is 1.35. The number of rotatable bonds is 5. The summed E-state index contributed by atoms with van der Waals surface area (Å²) in [5.74, 6) is 0.646. The summed E-state index contributed by atoms with van der Waals surface area (Å²) < 4.78 is 29.9. The largest absolute Gasteiger partial charge is 0.508 e. The number of phenolic OH excluding ortho intramolecular Hbond substituents is 1. The van der Waals surface area contributed by atoms with Crippen LogP contribution in [0.2, 0.25) is 0 Å². The SMILES string of the molecule is O=c1c(-c2ccc(O)cc2)coc2cc(OCc3noc(-c4cccc(F)c4)n3)ccc12. The molecule has 0 aliphatic heterocycles. The Bertz CT molecular complexity index is 1470. The highest BCUT2D eigenvalue weighted by molar-refractivity contribution is 5.82. The van der Waals surface area contributed by atoms with Crippen molar-refractivity contribution in [2.24, 2.45) is 0 Å². The molecular weight excluding hydrogens is 415 g/mol. The zero-order valence-electron chi connectivity index (χ0n) is 16.5. The first-order chi connectivity index (χ1) is 15.6. The second kappa shape index (κ2) is 7.99. The van der Waals surface area contributed by atoms with Gasteiger partial charge in [0.2, 0.25) is 5.82 Å². The second-order valence-electron chi connectivity index (χ2n) is 7.00. The van der Waals surface area contributed by atoms with E-state index in [1.165, 1.54) is 30.5 Å². The van der Waals surface area contributed by atoms with Gasteiger partial charge in [-0.05, 0) is 48.0 Å². The third kappa shape index (κ3) is 3.81. The highest BCUT2D eigenvalue weighted by Gasteiger charge is 2.12. The van der Waals surface area contributed by atoms with E-state index in [9.17, 15) is 14.3 Å². The maximum absolute atomic E-state index is 13.4. The van der Waals surface area contributed by atoms with Gasteiger partial charge in [-0.1, -0.05) is 23.4 Å². The molecule has 32 heavy (non-hydrogen) atoms. The monoisotopic (exact) mass is 430 g/mol. The van der Waals surface area contributed by atoms with Crippen LogP contribution >= 0.6 is 0 Å². The van der Waals surface area contributed by atoms with Crippen molar-refractivity contribution >= 4 is 11.0 Å². The Hall–Kier alpha value is -4.46. The fourth-order valence-corrected chi connectivity index (χ4v) is 3.24. The number of benzene rings is 3. The number of hydrogen-bond donors (Lipinski definition) is 1. The molecule has 8 heteroatoms. The van der Waals surface area contributed by atoms with Crippen molar-refractivity contribution in [2.75, 3.05) is 0 Å². The molecule has 3 aromatic carbocycles. The minimum Gasteiger partial charge on any atom is -0.508 e. The van der Waals surface area contributed by atoms with Gasteiger partial charge in [-0.15, -0.1) is 0 Å². The Morgan fingerprint density at radius 2 is 1.84 bits per heavy atom. The number of phenols is 1. The smallest absolute Gasteiger partial charge is 0.258 e. The zero-order valence-corrected chi connectivity index (χ0v) is 16.5. The second-order valence-corrected chi connectivity index (χ2v) is 7.00. The van der Waals surface area contributed by atoms with Gasteiger partial charge in [0.05, 0.1) is 10.9 Å². The molecule has 0 aliphatic carbocycles. The average molecular weight is 430 g/mol. The minimum atomic E-state index is -0.398. The van der Waals surface area contributed by atoms with Crippen LogP contribution in [0.3, 0.4) is 0 Å². The average Bonchev–Trinajstić information content (AvgIpc) is 3.28. The Kier molecular flexibility index (Phi) is 4.87. The zero-order chi connectivity index (χ0) is 22.1. The van der Waals surface area contributed by atoms with Gasteiger partial charge in [-0.25, -0.2) is 4.39 Å². The fourth-order valence-electron chi connectivity index (χ4n) is 3.24. The van der Waals surface area contributed by atoms with E-state index in [0.717, 1.165) is 0 Å². The molecule has 0 bridgehead atoms. The first-order valence-corrected chi connectivity index (χ1v) is 9.63. The van der Waals surface area contributed by atoms with Crippen LogP contribution in [0.4, 0.5) is 4.39 Å². The number of aromatic hydroxyl groups is 1. The van der Waals surface area contributed by atoms with Crippen LogP contribution in [0.15, 0.2) is 86.7 Å². The van der Waals surface area contributed by atoms with Gasteiger partial charge in [0.25, 0.3) is 5.89 Å². The Morgan fingerprint density at radius 3 is 2.66 bits per heavy atom. The maximum Gasteiger partial charge on any atom is 0.258 e. The molecule has 7 nitrogen and oxygen atoms in total. The van der Waals surface area contributed by atoms with Gasteiger partial charge >= 0.3 is 0 Å². The molecule has 1 N–H and O–H groups in total. The lowest BCUT2D eigenvalue weighted by Gasteiger charge is -2.06. The molecule has 5 rings (SSSR count). The molecule has 0 saturated heterocycles. The third-order valence-corrected chi connectivity index (χ3v) is 4.83.